The zero-order chi connectivity index (χ0) is 24.4. The Morgan fingerprint density at radius 1 is 0.939 bits per heavy atom. The van der Waals surface area contributed by atoms with Crippen LogP contribution in [0.2, 0.25) is 0 Å². The number of pyridine rings is 1. The van der Waals surface area contributed by atoms with Crippen molar-refractivity contribution >= 4 is 23.2 Å². The fraction of sp³-hybridized carbons (Fsp3) is 0.346. The standard InChI is InChI=1S/C24H30N2O.C2H2O4/c1-4-15-25(5-2)16-8-9-20-11-13-21(14-12-20)24(27)23-19(3)18-22-10-6-7-17-26(22)23;3-1(4)2(5)6/h6-7,10-14,17-18H,4-5,8-9,15-16H2,1-3H3;(H,3,4)(H,5,6). The molecule has 0 spiro atoms. The summed E-state index contributed by atoms with van der Waals surface area (Å²) in [4.78, 5) is 33.7. The summed E-state index contributed by atoms with van der Waals surface area (Å²) in [6, 6.07) is 16.2. The fourth-order valence-electron chi connectivity index (χ4n) is 3.76. The summed E-state index contributed by atoms with van der Waals surface area (Å²) in [5.74, 6) is -3.56. The zero-order valence-corrected chi connectivity index (χ0v) is 19.5. The molecule has 2 N–H and O–H groups in total. The second kappa shape index (κ2) is 12.6. The smallest absolute Gasteiger partial charge is 0.414 e. The Kier molecular flexibility index (Phi) is 9.82. The molecule has 3 aromatic rings. The first kappa shape index (κ1) is 25.8. The van der Waals surface area contributed by atoms with E-state index in [1.807, 2.05) is 47.9 Å². The lowest BCUT2D eigenvalue weighted by atomic mass is 10.0. The third-order valence-corrected chi connectivity index (χ3v) is 5.41. The van der Waals surface area contributed by atoms with E-state index in [-0.39, 0.29) is 5.78 Å². The first-order valence-corrected chi connectivity index (χ1v) is 11.2. The van der Waals surface area contributed by atoms with Crippen LogP contribution in [0, 0.1) is 6.92 Å². The molecule has 2 heterocycles. The molecule has 0 saturated heterocycles. The highest BCUT2D eigenvalue weighted by Gasteiger charge is 2.16. The van der Waals surface area contributed by atoms with E-state index < -0.39 is 11.9 Å². The van der Waals surface area contributed by atoms with E-state index in [1.165, 1.54) is 18.5 Å². The van der Waals surface area contributed by atoms with Gasteiger partial charge in [-0.2, -0.15) is 0 Å². The molecular weight excluding hydrogens is 420 g/mol. The number of aromatic nitrogens is 1. The second-order valence-electron chi connectivity index (χ2n) is 7.85. The number of nitrogens with zero attached hydrogens (tertiary/aromatic N) is 2. The topological polar surface area (TPSA) is 99.3 Å². The number of aliphatic carboxylic acids is 2. The number of hydrogen-bond acceptors (Lipinski definition) is 4. The maximum atomic E-state index is 13.0. The molecule has 33 heavy (non-hydrogen) atoms. The SMILES string of the molecule is CCCN(CC)CCCc1ccc(C(=O)c2c(C)cc3ccccn23)cc1.O=C(O)C(=O)O. The first-order chi connectivity index (χ1) is 15.8. The Morgan fingerprint density at radius 2 is 1.61 bits per heavy atom. The molecule has 2 aromatic heterocycles. The van der Waals surface area contributed by atoms with E-state index in [9.17, 15) is 4.79 Å². The van der Waals surface area contributed by atoms with Gasteiger partial charge < -0.3 is 19.5 Å². The van der Waals surface area contributed by atoms with Crippen molar-refractivity contribution in [3.63, 3.8) is 0 Å². The second-order valence-corrected chi connectivity index (χ2v) is 7.85. The fourth-order valence-corrected chi connectivity index (χ4v) is 3.76. The highest BCUT2D eigenvalue weighted by atomic mass is 16.4. The van der Waals surface area contributed by atoms with Crippen LogP contribution < -0.4 is 0 Å². The van der Waals surface area contributed by atoms with Crippen molar-refractivity contribution in [1.82, 2.24) is 9.30 Å². The Morgan fingerprint density at radius 3 is 2.18 bits per heavy atom. The van der Waals surface area contributed by atoms with Gasteiger partial charge in [-0.25, -0.2) is 9.59 Å². The normalized spacial score (nSPS) is 10.7. The van der Waals surface area contributed by atoms with Gasteiger partial charge >= 0.3 is 11.9 Å². The van der Waals surface area contributed by atoms with E-state index in [0.717, 1.165) is 48.3 Å². The molecule has 7 nitrogen and oxygen atoms in total. The Bertz CT molecular complexity index is 1070. The maximum Gasteiger partial charge on any atom is 0.414 e. The summed E-state index contributed by atoms with van der Waals surface area (Å²) in [5.41, 5.74) is 4.90. The number of fused-ring (bicyclic) bond motifs is 1. The van der Waals surface area contributed by atoms with Crippen LogP contribution in [0.1, 0.15) is 53.9 Å². The van der Waals surface area contributed by atoms with Crippen molar-refractivity contribution < 1.29 is 24.6 Å². The molecule has 0 saturated carbocycles. The summed E-state index contributed by atoms with van der Waals surface area (Å²) in [7, 11) is 0. The van der Waals surface area contributed by atoms with Crippen LogP contribution in [0.25, 0.3) is 5.52 Å². The van der Waals surface area contributed by atoms with Gasteiger partial charge in [-0.15, -0.1) is 0 Å². The third-order valence-electron chi connectivity index (χ3n) is 5.41. The Balaban J connectivity index is 0.000000569. The largest absolute Gasteiger partial charge is 0.473 e. The summed E-state index contributed by atoms with van der Waals surface area (Å²) < 4.78 is 1.98. The van der Waals surface area contributed by atoms with Crippen molar-refractivity contribution in [3.05, 3.63) is 77.1 Å². The minimum absolute atomic E-state index is 0.0883. The van der Waals surface area contributed by atoms with Crippen molar-refractivity contribution in [2.24, 2.45) is 0 Å². The van der Waals surface area contributed by atoms with Gasteiger partial charge in [0.15, 0.2) is 0 Å². The summed E-state index contributed by atoms with van der Waals surface area (Å²) >= 11 is 0. The Hall–Kier alpha value is -3.45. The van der Waals surface area contributed by atoms with Gasteiger partial charge in [0.25, 0.3) is 0 Å². The number of benzene rings is 1. The molecule has 0 radical (unpaired) electrons. The number of ketones is 1. The van der Waals surface area contributed by atoms with Crippen LogP contribution in [-0.2, 0) is 16.0 Å². The number of aryl methyl sites for hydroxylation is 2. The molecule has 0 unspecified atom stereocenters. The number of rotatable bonds is 9. The summed E-state index contributed by atoms with van der Waals surface area (Å²) in [6.45, 7) is 9.89. The first-order valence-electron chi connectivity index (χ1n) is 11.2. The molecule has 0 aliphatic heterocycles. The van der Waals surface area contributed by atoms with Gasteiger partial charge in [0.2, 0.25) is 5.78 Å². The molecule has 0 atom stereocenters. The predicted octanol–water partition coefficient (Wildman–Crippen LogP) is 4.30. The van der Waals surface area contributed by atoms with Gasteiger partial charge in [0, 0.05) is 17.3 Å². The molecular formula is C26H32N2O5. The van der Waals surface area contributed by atoms with Gasteiger partial charge in [-0.05, 0) is 75.1 Å². The van der Waals surface area contributed by atoms with E-state index in [2.05, 4.69) is 36.9 Å². The predicted molar refractivity (Wildman–Crippen MR) is 128 cm³/mol. The lowest BCUT2D eigenvalue weighted by Gasteiger charge is -2.19. The Labute approximate surface area is 194 Å². The number of carbonyl (C=O) groups excluding carboxylic acids is 1. The van der Waals surface area contributed by atoms with E-state index in [4.69, 9.17) is 19.8 Å². The van der Waals surface area contributed by atoms with E-state index in [0.29, 0.717) is 0 Å². The van der Waals surface area contributed by atoms with Crippen molar-refractivity contribution in [1.29, 1.82) is 0 Å². The van der Waals surface area contributed by atoms with Crippen molar-refractivity contribution in [2.45, 2.75) is 40.0 Å². The van der Waals surface area contributed by atoms with Crippen LogP contribution in [0.4, 0.5) is 0 Å². The maximum absolute atomic E-state index is 13.0. The van der Waals surface area contributed by atoms with E-state index >= 15 is 0 Å². The van der Waals surface area contributed by atoms with Crippen LogP contribution in [-0.4, -0.2) is 56.9 Å². The van der Waals surface area contributed by atoms with Crippen molar-refractivity contribution in [3.8, 4) is 0 Å². The number of carboxylic acid groups (broad SMARTS) is 2. The quantitative estimate of drug-likeness (QED) is 0.371. The molecule has 3 rings (SSSR count). The molecule has 0 amide bonds. The number of carboxylic acids is 2. The highest BCUT2D eigenvalue weighted by molar-refractivity contribution is 6.27. The number of hydrogen-bond donors (Lipinski definition) is 2. The van der Waals surface area contributed by atoms with Gasteiger partial charge in [-0.3, -0.25) is 4.79 Å². The summed E-state index contributed by atoms with van der Waals surface area (Å²) in [6.07, 6.45) is 5.38. The minimum Gasteiger partial charge on any atom is -0.473 e. The molecule has 1 aromatic carbocycles. The molecule has 0 aliphatic carbocycles. The van der Waals surface area contributed by atoms with Crippen LogP contribution in [0.15, 0.2) is 54.7 Å². The van der Waals surface area contributed by atoms with Gasteiger partial charge in [0.05, 0.1) is 5.69 Å². The van der Waals surface area contributed by atoms with Crippen LogP contribution in [0.3, 0.4) is 0 Å². The van der Waals surface area contributed by atoms with Crippen LogP contribution >= 0.6 is 0 Å². The number of carbonyl (C=O) groups is 3. The summed E-state index contributed by atoms with van der Waals surface area (Å²) in [5, 5.41) is 14.8. The third kappa shape index (κ3) is 7.29. The lowest BCUT2D eigenvalue weighted by molar-refractivity contribution is -0.159. The molecule has 7 heteroatoms. The molecule has 176 valence electrons. The van der Waals surface area contributed by atoms with Crippen molar-refractivity contribution in [2.75, 3.05) is 19.6 Å². The molecule has 0 aliphatic rings. The van der Waals surface area contributed by atoms with Gasteiger partial charge in [0.1, 0.15) is 0 Å². The molecule has 0 bridgehead atoms. The lowest BCUT2D eigenvalue weighted by Crippen LogP contribution is -2.25. The van der Waals surface area contributed by atoms with Gasteiger partial charge in [-0.1, -0.05) is 44.2 Å². The van der Waals surface area contributed by atoms with E-state index in [1.54, 1.807) is 0 Å². The highest BCUT2D eigenvalue weighted by Crippen LogP contribution is 2.20. The minimum atomic E-state index is -1.82. The zero-order valence-electron chi connectivity index (χ0n) is 19.5. The van der Waals surface area contributed by atoms with Crippen LogP contribution in [0.5, 0.6) is 0 Å². The molecule has 0 fully saturated rings. The average Bonchev–Trinajstić information content (AvgIpc) is 3.14. The average molecular weight is 453 g/mol. The monoisotopic (exact) mass is 452 g/mol.